The largest absolute Gasteiger partial charge is 0.357 e. The number of rotatable bonds is 6. The molecule has 2 amide bonds. The zero-order chi connectivity index (χ0) is 25.3. The number of anilines is 3. The van der Waals surface area contributed by atoms with Gasteiger partial charge in [0.15, 0.2) is 0 Å². The van der Waals surface area contributed by atoms with Crippen molar-refractivity contribution in [2.75, 3.05) is 23.0 Å². The summed E-state index contributed by atoms with van der Waals surface area (Å²) in [6.07, 6.45) is 1.62. The van der Waals surface area contributed by atoms with Crippen LogP contribution >= 0.6 is 0 Å². The highest BCUT2D eigenvalue weighted by Gasteiger charge is 2.16. The van der Waals surface area contributed by atoms with Gasteiger partial charge in [-0.1, -0.05) is 19.9 Å². The van der Waals surface area contributed by atoms with Gasteiger partial charge in [0.2, 0.25) is 5.95 Å². The van der Waals surface area contributed by atoms with Gasteiger partial charge in [0.1, 0.15) is 17.3 Å². The first-order valence-corrected chi connectivity index (χ1v) is 11.2. The lowest BCUT2D eigenvalue weighted by molar-refractivity contribution is 0.262. The third-order valence-corrected chi connectivity index (χ3v) is 5.62. The molecule has 1 aromatic carbocycles. The van der Waals surface area contributed by atoms with E-state index in [2.05, 4.69) is 31.0 Å². The molecule has 0 aliphatic rings. The Labute approximate surface area is 201 Å². The summed E-state index contributed by atoms with van der Waals surface area (Å²) in [7, 11) is 3.41. The molecule has 0 unspecified atom stereocenters. The Morgan fingerprint density at radius 2 is 1.94 bits per heavy atom. The number of urea groups is 1. The minimum atomic E-state index is -0.629. The summed E-state index contributed by atoms with van der Waals surface area (Å²) in [6, 6.07) is 6.96. The predicted octanol–water partition coefficient (Wildman–Crippen LogP) is 4.16. The molecule has 0 aliphatic heterocycles. The minimum Gasteiger partial charge on any atom is -0.357 e. The van der Waals surface area contributed by atoms with Gasteiger partial charge >= 0.3 is 6.03 Å². The first-order chi connectivity index (χ1) is 16.7. The molecule has 0 fully saturated rings. The summed E-state index contributed by atoms with van der Waals surface area (Å²) in [4.78, 5) is 34.5. The molecule has 4 rings (SSSR count). The average molecular weight is 479 g/mol. The zero-order valence-electron chi connectivity index (χ0n) is 20.2. The van der Waals surface area contributed by atoms with Crippen LogP contribution in [0.4, 0.5) is 26.6 Å². The van der Waals surface area contributed by atoms with Crippen molar-refractivity contribution in [3.05, 3.63) is 58.4 Å². The standard InChI is InChI=1S/C24H27FN8O2/c1-6-33-21-15(12-27-23(26-4)30-21)9-16(22(33)34)14-7-8-17(25)19(10-14)28-24(35)29-20-11-18(13(2)3)31-32(20)5/h7-13H,6H2,1-5H3,(H,26,27,30)(H2,28,29,35). The van der Waals surface area contributed by atoms with Gasteiger partial charge in [-0.2, -0.15) is 10.1 Å². The number of nitrogens with one attached hydrogen (secondary N) is 3. The molecule has 3 heterocycles. The number of amides is 2. The van der Waals surface area contributed by atoms with Crippen molar-refractivity contribution in [1.82, 2.24) is 24.3 Å². The molecule has 3 aromatic heterocycles. The van der Waals surface area contributed by atoms with E-state index in [0.717, 1.165) is 5.69 Å². The molecule has 0 saturated heterocycles. The van der Waals surface area contributed by atoms with Crippen LogP contribution in [0.5, 0.6) is 0 Å². The van der Waals surface area contributed by atoms with Crippen molar-refractivity contribution in [2.24, 2.45) is 7.05 Å². The van der Waals surface area contributed by atoms with E-state index >= 15 is 0 Å². The first-order valence-electron chi connectivity index (χ1n) is 11.2. The van der Waals surface area contributed by atoms with Gasteiger partial charge in [0.05, 0.1) is 11.4 Å². The second-order valence-corrected chi connectivity index (χ2v) is 8.34. The van der Waals surface area contributed by atoms with Crippen LogP contribution < -0.4 is 21.5 Å². The van der Waals surface area contributed by atoms with Crippen molar-refractivity contribution in [2.45, 2.75) is 33.2 Å². The molecule has 4 aromatic rings. The fraction of sp³-hybridized carbons (Fsp3) is 0.292. The van der Waals surface area contributed by atoms with Crippen LogP contribution in [0.1, 0.15) is 32.4 Å². The number of hydrogen-bond donors (Lipinski definition) is 3. The smallest absolute Gasteiger partial charge is 0.324 e. The molecule has 10 nitrogen and oxygen atoms in total. The predicted molar refractivity (Wildman–Crippen MR) is 134 cm³/mol. The summed E-state index contributed by atoms with van der Waals surface area (Å²) < 4.78 is 17.7. The third-order valence-electron chi connectivity index (χ3n) is 5.62. The van der Waals surface area contributed by atoms with E-state index in [9.17, 15) is 14.0 Å². The third kappa shape index (κ3) is 4.70. The molecule has 35 heavy (non-hydrogen) atoms. The van der Waals surface area contributed by atoms with Gasteiger partial charge in [-0.25, -0.2) is 14.2 Å². The number of carbonyl (C=O) groups excluding carboxylic acids is 1. The SMILES string of the molecule is CCn1c(=O)c(-c2ccc(F)c(NC(=O)Nc3cc(C(C)C)nn3C)c2)cc2cnc(NC)nc21. The fourth-order valence-electron chi connectivity index (χ4n) is 3.73. The van der Waals surface area contributed by atoms with Gasteiger partial charge in [-0.05, 0) is 36.6 Å². The van der Waals surface area contributed by atoms with Crippen molar-refractivity contribution in [3.63, 3.8) is 0 Å². The van der Waals surface area contributed by atoms with E-state index in [1.54, 1.807) is 37.1 Å². The van der Waals surface area contributed by atoms with E-state index in [0.29, 0.717) is 40.5 Å². The summed E-state index contributed by atoms with van der Waals surface area (Å²) in [6.45, 7) is 6.23. The molecule has 0 radical (unpaired) electrons. The maximum atomic E-state index is 14.6. The lowest BCUT2D eigenvalue weighted by Crippen LogP contribution is -2.23. The van der Waals surface area contributed by atoms with E-state index in [4.69, 9.17) is 0 Å². The van der Waals surface area contributed by atoms with Crippen LogP contribution in [-0.4, -0.2) is 37.4 Å². The Morgan fingerprint density at radius 1 is 1.17 bits per heavy atom. The Balaban J connectivity index is 1.67. The van der Waals surface area contributed by atoms with Crippen molar-refractivity contribution < 1.29 is 9.18 Å². The molecule has 182 valence electrons. The van der Waals surface area contributed by atoms with Crippen molar-refractivity contribution in [1.29, 1.82) is 0 Å². The number of nitrogens with zero attached hydrogens (tertiary/aromatic N) is 5. The van der Waals surface area contributed by atoms with Gasteiger partial charge in [-0.3, -0.25) is 19.4 Å². The number of aryl methyl sites for hydroxylation is 2. The molecule has 3 N–H and O–H groups in total. The quantitative estimate of drug-likeness (QED) is 0.383. The van der Waals surface area contributed by atoms with E-state index in [-0.39, 0.29) is 17.2 Å². The molecule has 0 spiro atoms. The normalized spacial score (nSPS) is 11.2. The molecule has 0 atom stereocenters. The molecular weight excluding hydrogens is 451 g/mol. The molecule has 0 aliphatic carbocycles. The van der Waals surface area contributed by atoms with Gasteiger partial charge in [-0.15, -0.1) is 0 Å². The lowest BCUT2D eigenvalue weighted by Gasteiger charge is -2.13. The van der Waals surface area contributed by atoms with Gasteiger partial charge in [0.25, 0.3) is 5.56 Å². The number of pyridine rings is 1. The van der Waals surface area contributed by atoms with Gasteiger partial charge < -0.3 is 10.6 Å². The number of hydrogen-bond acceptors (Lipinski definition) is 6. The van der Waals surface area contributed by atoms with Crippen LogP contribution in [0.2, 0.25) is 0 Å². The van der Waals surface area contributed by atoms with Crippen LogP contribution in [0.3, 0.4) is 0 Å². The number of halogens is 1. The highest BCUT2D eigenvalue weighted by molar-refractivity contribution is 5.99. The Morgan fingerprint density at radius 3 is 2.60 bits per heavy atom. The maximum Gasteiger partial charge on any atom is 0.324 e. The molecule has 0 bridgehead atoms. The Bertz CT molecular complexity index is 1470. The molecule has 11 heteroatoms. The van der Waals surface area contributed by atoms with Crippen LogP contribution in [0.15, 0.2) is 41.3 Å². The minimum absolute atomic E-state index is 0.0597. The monoisotopic (exact) mass is 478 g/mol. The van der Waals surface area contributed by atoms with Gasteiger partial charge in [0, 0.05) is 43.9 Å². The van der Waals surface area contributed by atoms with E-state index in [1.165, 1.54) is 22.8 Å². The first kappa shape index (κ1) is 23.9. The highest BCUT2D eigenvalue weighted by atomic mass is 19.1. The summed E-state index contributed by atoms with van der Waals surface area (Å²) in [5, 5.41) is 13.1. The van der Waals surface area contributed by atoms with E-state index in [1.807, 2.05) is 20.8 Å². The zero-order valence-corrected chi connectivity index (χ0v) is 20.2. The average Bonchev–Trinajstić information content (AvgIpc) is 3.20. The van der Waals surface area contributed by atoms with Crippen LogP contribution in [0.25, 0.3) is 22.2 Å². The summed E-state index contributed by atoms with van der Waals surface area (Å²) >= 11 is 0. The number of fused-ring (bicyclic) bond motifs is 1. The van der Waals surface area contributed by atoms with Crippen LogP contribution in [-0.2, 0) is 13.6 Å². The molecule has 0 saturated carbocycles. The second-order valence-electron chi connectivity index (χ2n) is 8.34. The fourth-order valence-corrected chi connectivity index (χ4v) is 3.73. The lowest BCUT2D eigenvalue weighted by atomic mass is 10.0. The maximum absolute atomic E-state index is 14.6. The van der Waals surface area contributed by atoms with Crippen molar-refractivity contribution in [3.8, 4) is 11.1 Å². The molecular formula is C24H27FN8O2. The van der Waals surface area contributed by atoms with Crippen molar-refractivity contribution >= 4 is 34.5 Å². The Kier molecular flexibility index (Phi) is 6.50. The highest BCUT2D eigenvalue weighted by Crippen LogP contribution is 2.26. The topological polar surface area (TPSA) is 119 Å². The number of carbonyl (C=O) groups is 1. The second kappa shape index (κ2) is 9.53. The van der Waals surface area contributed by atoms with E-state index < -0.39 is 11.8 Å². The number of benzene rings is 1. The summed E-state index contributed by atoms with van der Waals surface area (Å²) in [5.41, 5.74) is 1.78. The summed E-state index contributed by atoms with van der Waals surface area (Å²) in [5.74, 6) is 0.442. The number of aromatic nitrogens is 5. The van der Waals surface area contributed by atoms with Crippen LogP contribution in [0, 0.1) is 5.82 Å². The Hall–Kier alpha value is -4.28.